The number of aromatic nitrogens is 2. The number of pyridine rings is 1. The summed E-state index contributed by atoms with van der Waals surface area (Å²) in [6, 6.07) is 10.6. The lowest BCUT2D eigenvalue weighted by atomic mass is 10.0. The minimum absolute atomic E-state index is 0.132. The van der Waals surface area contributed by atoms with Gasteiger partial charge in [-0.2, -0.15) is 0 Å². The molecule has 0 aliphatic rings. The monoisotopic (exact) mass is 297 g/mol. The molecule has 0 radical (unpaired) electrons. The van der Waals surface area contributed by atoms with E-state index in [1.165, 1.54) is 5.56 Å². The Labute approximate surface area is 129 Å². The highest BCUT2D eigenvalue weighted by molar-refractivity contribution is 7.09. The fourth-order valence-corrected chi connectivity index (χ4v) is 3.52. The summed E-state index contributed by atoms with van der Waals surface area (Å²) in [6.07, 6.45) is 1.83. The quantitative estimate of drug-likeness (QED) is 0.787. The summed E-state index contributed by atoms with van der Waals surface area (Å²) in [5.74, 6) is 0.466. The second kappa shape index (κ2) is 5.92. The summed E-state index contributed by atoms with van der Waals surface area (Å²) in [5.41, 5.74) is 3.42. The summed E-state index contributed by atoms with van der Waals surface area (Å²) in [7, 11) is 1.98. The molecule has 21 heavy (non-hydrogen) atoms. The molecular weight excluding hydrogens is 278 g/mol. The molecule has 1 unspecified atom stereocenters. The zero-order valence-corrected chi connectivity index (χ0v) is 13.3. The van der Waals surface area contributed by atoms with E-state index in [4.69, 9.17) is 4.98 Å². The number of nitrogens with one attached hydrogen (secondary N) is 1. The van der Waals surface area contributed by atoms with E-state index in [-0.39, 0.29) is 6.04 Å². The Bertz CT molecular complexity index is 748. The van der Waals surface area contributed by atoms with Crippen molar-refractivity contribution in [3.8, 4) is 0 Å². The van der Waals surface area contributed by atoms with Gasteiger partial charge in [0.25, 0.3) is 0 Å². The van der Waals surface area contributed by atoms with Gasteiger partial charge in [0.2, 0.25) is 0 Å². The Kier molecular flexibility index (Phi) is 3.99. The molecule has 0 fully saturated rings. The standard InChI is InChI=1S/C17H19N3S/c1-11(2)15-10-21-17(20-15)16(18-3)13-6-7-14-12(9-13)5-4-8-19-14/h4-11,16,18H,1-3H3. The van der Waals surface area contributed by atoms with Gasteiger partial charge in [0.15, 0.2) is 0 Å². The highest BCUT2D eigenvalue weighted by Gasteiger charge is 2.17. The van der Waals surface area contributed by atoms with Gasteiger partial charge in [-0.1, -0.05) is 26.0 Å². The molecule has 0 spiro atoms. The number of benzene rings is 1. The molecule has 1 aromatic carbocycles. The number of fused-ring (bicyclic) bond motifs is 1. The highest BCUT2D eigenvalue weighted by Crippen LogP contribution is 2.28. The van der Waals surface area contributed by atoms with Crippen molar-refractivity contribution in [2.45, 2.75) is 25.8 Å². The van der Waals surface area contributed by atoms with Crippen molar-refractivity contribution in [2.24, 2.45) is 0 Å². The molecule has 0 aliphatic heterocycles. The van der Waals surface area contributed by atoms with Crippen LogP contribution in [0.4, 0.5) is 0 Å². The molecule has 0 bridgehead atoms. The van der Waals surface area contributed by atoms with E-state index in [2.05, 4.69) is 53.8 Å². The average molecular weight is 297 g/mol. The van der Waals surface area contributed by atoms with E-state index < -0.39 is 0 Å². The van der Waals surface area contributed by atoms with Crippen molar-refractivity contribution in [2.75, 3.05) is 7.05 Å². The maximum absolute atomic E-state index is 4.78. The number of nitrogens with zero attached hydrogens (tertiary/aromatic N) is 2. The van der Waals surface area contributed by atoms with Gasteiger partial charge in [0.1, 0.15) is 5.01 Å². The maximum atomic E-state index is 4.78. The van der Waals surface area contributed by atoms with Crippen molar-refractivity contribution >= 4 is 22.2 Å². The van der Waals surface area contributed by atoms with Crippen LogP contribution >= 0.6 is 11.3 Å². The molecule has 0 saturated heterocycles. The summed E-state index contributed by atoms with van der Waals surface area (Å²) in [4.78, 5) is 9.15. The molecule has 108 valence electrons. The van der Waals surface area contributed by atoms with Gasteiger partial charge < -0.3 is 5.32 Å². The molecule has 3 rings (SSSR count). The maximum Gasteiger partial charge on any atom is 0.114 e. The normalized spacial score (nSPS) is 13.0. The van der Waals surface area contributed by atoms with Crippen LogP contribution in [-0.4, -0.2) is 17.0 Å². The predicted octanol–water partition coefficient (Wildman–Crippen LogP) is 4.12. The first-order chi connectivity index (χ1) is 10.2. The van der Waals surface area contributed by atoms with Crippen molar-refractivity contribution in [3.05, 3.63) is 58.2 Å². The summed E-state index contributed by atoms with van der Waals surface area (Å²) >= 11 is 1.72. The Balaban J connectivity index is 2.00. The third kappa shape index (κ3) is 2.82. The topological polar surface area (TPSA) is 37.8 Å². The zero-order chi connectivity index (χ0) is 14.8. The zero-order valence-electron chi connectivity index (χ0n) is 12.5. The van der Waals surface area contributed by atoms with Crippen LogP contribution in [0.25, 0.3) is 10.9 Å². The third-order valence-corrected chi connectivity index (χ3v) is 4.56. The Morgan fingerprint density at radius 3 is 2.76 bits per heavy atom. The van der Waals surface area contributed by atoms with Gasteiger partial charge in [-0.25, -0.2) is 4.98 Å². The van der Waals surface area contributed by atoms with Gasteiger partial charge in [0.05, 0.1) is 17.3 Å². The van der Waals surface area contributed by atoms with E-state index in [0.717, 1.165) is 21.6 Å². The van der Waals surface area contributed by atoms with Gasteiger partial charge in [-0.3, -0.25) is 4.98 Å². The van der Waals surface area contributed by atoms with Crippen LogP contribution in [0.1, 0.15) is 42.1 Å². The average Bonchev–Trinajstić information content (AvgIpc) is 2.98. The van der Waals surface area contributed by atoms with Crippen LogP contribution < -0.4 is 5.32 Å². The first-order valence-electron chi connectivity index (χ1n) is 7.16. The van der Waals surface area contributed by atoms with Gasteiger partial charge in [0, 0.05) is 17.0 Å². The lowest BCUT2D eigenvalue weighted by Gasteiger charge is -2.14. The van der Waals surface area contributed by atoms with Crippen LogP contribution in [0, 0.1) is 0 Å². The fourth-order valence-electron chi connectivity index (χ4n) is 2.40. The lowest BCUT2D eigenvalue weighted by Crippen LogP contribution is -2.17. The molecule has 0 amide bonds. The molecule has 0 saturated carbocycles. The molecule has 3 nitrogen and oxygen atoms in total. The molecule has 3 aromatic rings. The summed E-state index contributed by atoms with van der Waals surface area (Å²) in [5, 5.41) is 7.82. The molecule has 2 aromatic heterocycles. The van der Waals surface area contributed by atoms with E-state index in [1.807, 2.05) is 19.3 Å². The van der Waals surface area contributed by atoms with E-state index in [1.54, 1.807) is 11.3 Å². The Morgan fingerprint density at radius 1 is 1.19 bits per heavy atom. The number of rotatable bonds is 4. The van der Waals surface area contributed by atoms with E-state index >= 15 is 0 Å². The molecule has 4 heteroatoms. The van der Waals surface area contributed by atoms with Crippen molar-refractivity contribution in [1.29, 1.82) is 0 Å². The minimum Gasteiger partial charge on any atom is -0.307 e. The largest absolute Gasteiger partial charge is 0.307 e. The van der Waals surface area contributed by atoms with Crippen molar-refractivity contribution in [1.82, 2.24) is 15.3 Å². The predicted molar refractivity (Wildman–Crippen MR) is 88.8 cm³/mol. The molecule has 1 atom stereocenters. The van der Waals surface area contributed by atoms with Crippen LogP contribution in [0.3, 0.4) is 0 Å². The van der Waals surface area contributed by atoms with Crippen LogP contribution in [0.2, 0.25) is 0 Å². The highest BCUT2D eigenvalue weighted by atomic mass is 32.1. The SMILES string of the molecule is CNC(c1ccc2ncccc2c1)c1nc(C(C)C)cs1. The molecule has 2 heterocycles. The van der Waals surface area contributed by atoms with Crippen molar-refractivity contribution in [3.63, 3.8) is 0 Å². The minimum atomic E-state index is 0.132. The lowest BCUT2D eigenvalue weighted by molar-refractivity contribution is 0.679. The second-order valence-electron chi connectivity index (χ2n) is 5.44. The first-order valence-corrected chi connectivity index (χ1v) is 8.04. The van der Waals surface area contributed by atoms with E-state index in [0.29, 0.717) is 5.92 Å². The van der Waals surface area contributed by atoms with Crippen LogP contribution in [0.15, 0.2) is 41.9 Å². The number of thiazole rings is 1. The van der Waals surface area contributed by atoms with Crippen molar-refractivity contribution < 1.29 is 0 Å². The number of hydrogen-bond acceptors (Lipinski definition) is 4. The number of hydrogen-bond donors (Lipinski definition) is 1. The summed E-state index contributed by atoms with van der Waals surface area (Å²) in [6.45, 7) is 4.35. The van der Waals surface area contributed by atoms with Gasteiger partial charge in [-0.05, 0) is 36.7 Å². The Morgan fingerprint density at radius 2 is 2.05 bits per heavy atom. The third-order valence-electron chi connectivity index (χ3n) is 3.63. The van der Waals surface area contributed by atoms with Crippen LogP contribution in [0.5, 0.6) is 0 Å². The molecule has 0 aliphatic carbocycles. The van der Waals surface area contributed by atoms with Gasteiger partial charge >= 0.3 is 0 Å². The second-order valence-corrected chi connectivity index (χ2v) is 6.33. The first kappa shape index (κ1) is 14.2. The van der Waals surface area contributed by atoms with Crippen LogP contribution in [-0.2, 0) is 0 Å². The molecule has 1 N–H and O–H groups in total. The van der Waals surface area contributed by atoms with Gasteiger partial charge in [-0.15, -0.1) is 11.3 Å². The smallest absolute Gasteiger partial charge is 0.114 e. The fraction of sp³-hybridized carbons (Fsp3) is 0.294. The molecular formula is C17H19N3S. The Hall–Kier alpha value is -1.78. The van der Waals surface area contributed by atoms with E-state index in [9.17, 15) is 0 Å². The summed E-state index contributed by atoms with van der Waals surface area (Å²) < 4.78 is 0.